The highest BCUT2D eigenvalue weighted by Gasteiger charge is 2.26. The number of piperazine rings is 1. The number of carbonyl (C=O) groups is 1. The van der Waals surface area contributed by atoms with Crippen LogP contribution in [0.5, 0.6) is 0 Å². The van der Waals surface area contributed by atoms with Gasteiger partial charge in [0.2, 0.25) is 5.91 Å². The van der Waals surface area contributed by atoms with Crippen LogP contribution in [0, 0.1) is 0 Å². The summed E-state index contributed by atoms with van der Waals surface area (Å²) in [5, 5.41) is 5.04. The lowest BCUT2D eigenvalue weighted by atomic mass is 10.2. The lowest BCUT2D eigenvalue weighted by Crippen LogP contribution is -2.52. The zero-order valence-corrected chi connectivity index (χ0v) is 12.9. The molecule has 1 aromatic rings. The maximum Gasteiger partial charge on any atom is 0.277 e. The van der Waals surface area contributed by atoms with Crippen molar-refractivity contribution in [2.24, 2.45) is 5.14 Å². The number of hydrogen-bond donors (Lipinski definition) is 2. The second-order valence-electron chi connectivity index (χ2n) is 4.58. The Bertz CT molecular complexity index is 584. The molecule has 118 valence electrons. The third-order valence-corrected chi connectivity index (χ3v) is 4.22. The van der Waals surface area contributed by atoms with Gasteiger partial charge >= 0.3 is 0 Å². The fourth-order valence-electron chi connectivity index (χ4n) is 2.00. The van der Waals surface area contributed by atoms with E-state index in [0.717, 1.165) is 4.31 Å². The third-order valence-electron chi connectivity index (χ3n) is 3.13. The van der Waals surface area contributed by atoms with Crippen LogP contribution in [-0.4, -0.2) is 54.7 Å². The van der Waals surface area contributed by atoms with Crippen molar-refractivity contribution < 1.29 is 13.2 Å². The van der Waals surface area contributed by atoms with Crippen LogP contribution >= 0.6 is 12.4 Å². The van der Waals surface area contributed by atoms with Crippen LogP contribution in [0.25, 0.3) is 0 Å². The van der Waals surface area contributed by atoms with Gasteiger partial charge in [0.15, 0.2) is 0 Å². The average molecular weight is 336 g/mol. The summed E-state index contributed by atoms with van der Waals surface area (Å²) in [4.78, 5) is 17.7. The minimum absolute atomic E-state index is 0. The SMILES string of the molecule is Cl.Nc1ccc(CC(=O)N2CCN(S(N)(=O)=O)CC2)nc1. The zero-order valence-electron chi connectivity index (χ0n) is 11.3. The first-order valence-corrected chi connectivity index (χ1v) is 7.62. The molecule has 4 N–H and O–H groups in total. The molecule has 0 atom stereocenters. The van der Waals surface area contributed by atoms with E-state index in [1.807, 2.05) is 0 Å². The lowest BCUT2D eigenvalue weighted by Gasteiger charge is -2.32. The van der Waals surface area contributed by atoms with Crippen molar-refractivity contribution in [1.29, 1.82) is 0 Å². The number of rotatable bonds is 3. The average Bonchev–Trinajstić information content (AvgIpc) is 2.40. The maximum atomic E-state index is 12.1. The Kier molecular flexibility index (Phi) is 5.90. The number of hydrogen-bond acceptors (Lipinski definition) is 5. The van der Waals surface area contributed by atoms with Crippen LogP contribution in [0.15, 0.2) is 18.3 Å². The Morgan fingerprint density at radius 1 is 1.24 bits per heavy atom. The van der Waals surface area contributed by atoms with Gasteiger partial charge in [-0.1, -0.05) is 0 Å². The molecule has 21 heavy (non-hydrogen) atoms. The molecule has 8 nitrogen and oxygen atoms in total. The van der Waals surface area contributed by atoms with E-state index in [-0.39, 0.29) is 37.8 Å². The van der Waals surface area contributed by atoms with E-state index in [2.05, 4.69) is 4.98 Å². The predicted molar refractivity (Wildman–Crippen MR) is 80.9 cm³/mol. The van der Waals surface area contributed by atoms with Gasteiger partial charge in [-0.2, -0.15) is 12.7 Å². The van der Waals surface area contributed by atoms with Gasteiger partial charge in [0.05, 0.1) is 18.3 Å². The molecule has 0 unspecified atom stereocenters. The first kappa shape index (κ1) is 17.6. The normalized spacial score (nSPS) is 16.3. The summed E-state index contributed by atoms with van der Waals surface area (Å²) in [6.45, 7) is 1.12. The standard InChI is InChI=1S/C11H17N5O3S.ClH/c12-9-1-2-10(14-8-9)7-11(17)15-3-5-16(6-4-15)20(13,18)19;/h1-2,8H,3-7,12H2,(H2,13,18,19);1H. The molecule has 0 aromatic carbocycles. The van der Waals surface area contributed by atoms with Crippen LogP contribution in [0.3, 0.4) is 0 Å². The fraction of sp³-hybridized carbons (Fsp3) is 0.455. The number of pyridine rings is 1. The van der Waals surface area contributed by atoms with Crippen LogP contribution in [-0.2, 0) is 21.4 Å². The van der Waals surface area contributed by atoms with Gasteiger partial charge in [0, 0.05) is 31.9 Å². The van der Waals surface area contributed by atoms with E-state index in [1.54, 1.807) is 17.0 Å². The largest absolute Gasteiger partial charge is 0.397 e. The number of nitrogen functional groups attached to an aromatic ring is 1. The van der Waals surface area contributed by atoms with Crippen molar-refractivity contribution in [1.82, 2.24) is 14.2 Å². The summed E-state index contributed by atoms with van der Waals surface area (Å²) >= 11 is 0. The number of nitrogens with zero attached hydrogens (tertiary/aromatic N) is 3. The highest BCUT2D eigenvalue weighted by molar-refractivity contribution is 7.86. The molecule has 2 rings (SSSR count). The first-order valence-electron chi connectivity index (χ1n) is 6.12. The molecule has 1 saturated heterocycles. The third kappa shape index (κ3) is 4.81. The Morgan fingerprint density at radius 3 is 2.33 bits per heavy atom. The fourth-order valence-corrected chi connectivity index (χ4v) is 2.67. The van der Waals surface area contributed by atoms with Gasteiger partial charge in [0.1, 0.15) is 0 Å². The molecule has 0 bridgehead atoms. The molecule has 1 aromatic heterocycles. The number of nitrogens with two attached hydrogens (primary N) is 2. The topological polar surface area (TPSA) is 123 Å². The maximum absolute atomic E-state index is 12.1. The molecule has 2 heterocycles. The molecule has 1 aliphatic rings. The monoisotopic (exact) mass is 335 g/mol. The van der Waals surface area contributed by atoms with E-state index >= 15 is 0 Å². The summed E-state index contributed by atoms with van der Waals surface area (Å²) in [5.74, 6) is -0.0867. The second kappa shape index (κ2) is 7.03. The molecule has 0 saturated carbocycles. The quantitative estimate of drug-likeness (QED) is 0.731. The van der Waals surface area contributed by atoms with E-state index in [9.17, 15) is 13.2 Å². The molecule has 1 fully saturated rings. The van der Waals surface area contributed by atoms with Crippen LogP contribution in [0.1, 0.15) is 5.69 Å². The van der Waals surface area contributed by atoms with Crippen LogP contribution in [0.2, 0.25) is 0 Å². The Morgan fingerprint density at radius 2 is 1.86 bits per heavy atom. The molecule has 1 amide bonds. The zero-order chi connectivity index (χ0) is 14.8. The number of halogens is 1. The van der Waals surface area contributed by atoms with Gasteiger partial charge < -0.3 is 10.6 Å². The van der Waals surface area contributed by atoms with Crippen molar-refractivity contribution in [3.05, 3.63) is 24.0 Å². The van der Waals surface area contributed by atoms with Crippen molar-refractivity contribution >= 4 is 34.2 Å². The number of anilines is 1. The van der Waals surface area contributed by atoms with E-state index in [1.165, 1.54) is 6.20 Å². The van der Waals surface area contributed by atoms with E-state index < -0.39 is 10.2 Å². The molecular weight excluding hydrogens is 318 g/mol. The van der Waals surface area contributed by atoms with Gasteiger partial charge in [-0.3, -0.25) is 9.78 Å². The molecule has 0 spiro atoms. The summed E-state index contributed by atoms with van der Waals surface area (Å²) in [6, 6.07) is 3.39. The Labute approximate surface area is 129 Å². The highest BCUT2D eigenvalue weighted by atomic mass is 35.5. The summed E-state index contributed by atoms with van der Waals surface area (Å²) < 4.78 is 23.5. The second-order valence-corrected chi connectivity index (χ2v) is 6.13. The van der Waals surface area contributed by atoms with Gasteiger partial charge in [-0.05, 0) is 12.1 Å². The predicted octanol–water partition coefficient (Wildman–Crippen LogP) is -1.02. The summed E-state index contributed by atoms with van der Waals surface area (Å²) in [6.07, 6.45) is 1.68. The Hall–Kier alpha value is -1.42. The van der Waals surface area contributed by atoms with Crippen molar-refractivity contribution in [3.8, 4) is 0 Å². The molecule has 10 heteroatoms. The number of aromatic nitrogens is 1. The lowest BCUT2D eigenvalue weighted by molar-refractivity contribution is -0.131. The summed E-state index contributed by atoms with van der Waals surface area (Å²) in [7, 11) is -3.67. The summed E-state index contributed by atoms with van der Waals surface area (Å²) in [5.41, 5.74) is 6.71. The van der Waals surface area contributed by atoms with Crippen molar-refractivity contribution in [3.63, 3.8) is 0 Å². The van der Waals surface area contributed by atoms with Crippen LogP contribution in [0.4, 0.5) is 5.69 Å². The first-order chi connectivity index (χ1) is 9.36. The molecule has 0 radical (unpaired) electrons. The van der Waals surface area contributed by atoms with E-state index in [4.69, 9.17) is 10.9 Å². The molecule has 1 aliphatic heterocycles. The molecule has 0 aliphatic carbocycles. The Balaban J connectivity index is 0.00000220. The smallest absolute Gasteiger partial charge is 0.277 e. The number of carbonyl (C=O) groups excluding carboxylic acids is 1. The number of amides is 1. The van der Waals surface area contributed by atoms with Crippen molar-refractivity contribution in [2.45, 2.75) is 6.42 Å². The van der Waals surface area contributed by atoms with E-state index in [0.29, 0.717) is 24.5 Å². The highest BCUT2D eigenvalue weighted by Crippen LogP contribution is 2.08. The van der Waals surface area contributed by atoms with Gasteiger partial charge in [0.25, 0.3) is 10.2 Å². The van der Waals surface area contributed by atoms with Gasteiger partial charge in [-0.15, -0.1) is 12.4 Å². The minimum Gasteiger partial charge on any atom is -0.397 e. The molecular formula is C11H18ClN5O3S. The minimum atomic E-state index is -3.67. The van der Waals surface area contributed by atoms with Gasteiger partial charge in [-0.25, -0.2) is 5.14 Å². The van der Waals surface area contributed by atoms with Crippen molar-refractivity contribution in [2.75, 3.05) is 31.9 Å². The van der Waals surface area contributed by atoms with Crippen LogP contribution < -0.4 is 10.9 Å².